The van der Waals surface area contributed by atoms with Crippen LogP contribution in [0.15, 0.2) is 41.0 Å². The Hall–Kier alpha value is -1.69. The van der Waals surface area contributed by atoms with Crippen LogP contribution in [0.4, 0.5) is 5.69 Å². The number of nitrogens with zero attached hydrogens (tertiary/aromatic N) is 2. The Labute approximate surface area is 185 Å². The zero-order valence-corrected chi connectivity index (χ0v) is 18.7. The number of para-hydroxylation sites is 1. The van der Waals surface area contributed by atoms with Crippen molar-refractivity contribution in [3.05, 3.63) is 53.5 Å². The van der Waals surface area contributed by atoms with Gasteiger partial charge >= 0.3 is 0 Å². The summed E-state index contributed by atoms with van der Waals surface area (Å²) in [7, 11) is 0. The van der Waals surface area contributed by atoms with Crippen molar-refractivity contribution in [2.75, 3.05) is 18.0 Å². The van der Waals surface area contributed by atoms with Gasteiger partial charge < -0.3 is 20.0 Å². The molecule has 160 valence electrons. The van der Waals surface area contributed by atoms with E-state index in [1.54, 1.807) is 6.26 Å². The van der Waals surface area contributed by atoms with Crippen LogP contribution >= 0.6 is 24.8 Å². The molecule has 3 atom stereocenters. The lowest BCUT2D eigenvalue weighted by molar-refractivity contribution is 0.0627. The number of benzene rings is 1. The summed E-state index contributed by atoms with van der Waals surface area (Å²) in [5.74, 6) is 0.851. The molecule has 2 aliphatic rings. The summed E-state index contributed by atoms with van der Waals surface area (Å²) in [6, 6.07) is 11.0. The molecule has 1 amide bonds. The minimum absolute atomic E-state index is 0. The van der Waals surface area contributed by atoms with Gasteiger partial charge in [-0.2, -0.15) is 0 Å². The summed E-state index contributed by atoms with van der Waals surface area (Å²) in [6.07, 6.45) is 4.78. The summed E-state index contributed by atoms with van der Waals surface area (Å²) in [4.78, 5) is 17.4. The van der Waals surface area contributed by atoms with Crippen LogP contribution in [-0.4, -0.2) is 36.0 Å². The molecule has 0 aliphatic carbocycles. The molecular formula is C22H31Cl2N3O2. The van der Waals surface area contributed by atoms with Gasteiger partial charge in [0.05, 0.1) is 6.26 Å². The SMILES string of the molecule is CC(N)C1CCCN(C(=O)c2occc2CN2c3ccccc3CC2C)C1.Cl.Cl. The van der Waals surface area contributed by atoms with Crippen molar-refractivity contribution in [1.29, 1.82) is 0 Å². The Morgan fingerprint density at radius 3 is 2.79 bits per heavy atom. The largest absolute Gasteiger partial charge is 0.459 e. The van der Waals surface area contributed by atoms with Gasteiger partial charge in [-0.05, 0) is 56.7 Å². The normalized spacial score (nSPS) is 21.8. The van der Waals surface area contributed by atoms with Crippen LogP contribution in [0.3, 0.4) is 0 Å². The number of amides is 1. The number of piperidine rings is 1. The molecule has 1 fully saturated rings. The highest BCUT2D eigenvalue weighted by molar-refractivity contribution is 5.93. The van der Waals surface area contributed by atoms with Gasteiger partial charge in [0.25, 0.3) is 5.91 Å². The molecule has 2 N–H and O–H groups in total. The number of carbonyl (C=O) groups excluding carboxylic acids is 1. The minimum atomic E-state index is 0. The lowest BCUT2D eigenvalue weighted by Crippen LogP contribution is -2.45. The zero-order valence-electron chi connectivity index (χ0n) is 17.0. The number of halogens is 2. The van der Waals surface area contributed by atoms with Crippen LogP contribution in [0.5, 0.6) is 0 Å². The number of furan rings is 1. The number of likely N-dealkylation sites (tertiary alicyclic amines) is 1. The van der Waals surface area contributed by atoms with Crippen molar-refractivity contribution in [2.45, 2.75) is 51.7 Å². The predicted octanol–water partition coefficient (Wildman–Crippen LogP) is 4.27. The van der Waals surface area contributed by atoms with Gasteiger partial charge in [-0.1, -0.05) is 18.2 Å². The molecule has 1 aromatic carbocycles. The van der Waals surface area contributed by atoms with Gasteiger partial charge in [0.2, 0.25) is 0 Å². The van der Waals surface area contributed by atoms with Crippen molar-refractivity contribution < 1.29 is 9.21 Å². The Kier molecular flexibility index (Phi) is 8.03. The molecule has 5 nitrogen and oxygen atoms in total. The standard InChI is InChI=1S/C22H29N3O2.2ClH/c1-15-12-17-6-3-4-8-20(17)25(15)14-19-9-11-27-21(19)22(26)24-10-5-7-18(13-24)16(2)23;;/h3-4,6,8-9,11,15-16,18H,5,7,10,12-14,23H2,1-2H3;2*1H. The third-order valence-electron chi connectivity index (χ3n) is 6.12. The second-order valence-electron chi connectivity index (χ2n) is 8.10. The van der Waals surface area contributed by atoms with E-state index < -0.39 is 0 Å². The molecule has 1 saturated heterocycles. The highest BCUT2D eigenvalue weighted by atomic mass is 35.5. The van der Waals surface area contributed by atoms with Crippen molar-refractivity contribution in [3.8, 4) is 0 Å². The van der Waals surface area contributed by atoms with Gasteiger partial charge in [0, 0.05) is 43.0 Å². The van der Waals surface area contributed by atoms with Gasteiger partial charge in [-0.3, -0.25) is 4.79 Å². The van der Waals surface area contributed by atoms with E-state index in [1.807, 2.05) is 17.9 Å². The molecule has 3 heterocycles. The lowest BCUT2D eigenvalue weighted by Gasteiger charge is -2.34. The van der Waals surface area contributed by atoms with Gasteiger partial charge in [-0.15, -0.1) is 24.8 Å². The Morgan fingerprint density at radius 2 is 2.03 bits per heavy atom. The van der Waals surface area contributed by atoms with Crippen LogP contribution in [0, 0.1) is 5.92 Å². The van der Waals surface area contributed by atoms with Crippen molar-refractivity contribution in [3.63, 3.8) is 0 Å². The maximum Gasteiger partial charge on any atom is 0.289 e. The average molecular weight is 440 g/mol. The average Bonchev–Trinajstić information content (AvgIpc) is 3.26. The highest BCUT2D eigenvalue weighted by Crippen LogP contribution is 2.34. The van der Waals surface area contributed by atoms with Crippen LogP contribution in [0.2, 0.25) is 0 Å². The molecule has 0 saturated carbocycles. The first-order valence-corrected chi connectivity index (χ1v) is 10.0. The zero-order chi connectivity index (χ0) is 19.0. The van der Waals surface area contributed by atoms with Gasteiger partial charge in [-0.25, -0.2) is 0 Å². The summed E-state index contributed by atoms with van der Waals surface area (Å²) >= 11 is 0. The summed E-state index contributed by atoms with van der Waals surface area (Å²) in [5.41, 5.74) is 9.68. The minimum Gasteiger partial charge on any atom is -0.459 e. The number of nitrogens with two attached hydrogens (primary N) is 1. The van der Waals surface area contributed by atoms with Crippen LogP contribution in [0.25, 0.3) is 0 Å². The van der Waals surface area contributed by atoms with E-state index in [0.717, 1.165) is 37.9 Å². The third kappa shape index (κ3) is 4.73. The van der Waals surface area contributed by atoms with Crippen LogP contribution < -0.4 is 10.6 Å². The van der Waals surface area contributed by atoms with E-state index in [-0.39, 0.29) is 36.8 Å². The molecule has 0 spiro atoms. The molecule has 1 aromatic heterocycles. The third-order valence-corrected chi connectivity index (χ3v) is 6.12. The van der Waals surface area contributed by atoms with E-state index in [0.29, 0.717) is 24.3 Å². The summed E-state index contributed by atoms with van der Waals surface area (Å²) in [6.45, 7) is 6.47. The first-order valence-electron chi connectivity index (χ1n) is 10.0. The molecule has 0 radical (unpaired) electrons. The number of hydrogen-bond donors (Lipinski definition) is 1. The molecule has 2 aromatic rings. The molecule has 2 aliphatic heterocycles. The van der Waals surface area contributed by atoms with Crippen LogP contribution in [-0.2, 0) is 13.0 Å². The number of hydrogen-bond acceptors (Lipinski definition) is 4. The Morgan fingerprint density at radius 1 is 1.28 bits per heavy atom. The van der Waals surface area contributed by atoms with E-state index in [2.05, 4.69) is 36.1 Å². The second-order valence-corrected chi connectivity index (χ2v) is 8.10. The van der Waals surface area contributed by atoms with E-state index in [4.69, 9.17) is 10.2 Å². The smallest absolute Gasteiger partial charge is 0.289 e. The predicted molar refractivity (Wildman–Crippen MR) is 121 cm³/mol. The van der Waals surface area contributed by atoms with Crippen LogP contribution in [0.1, 0.15) is 48.4 Å². The van der Waals surface area contributed by atoms with Crippen molar-refractivity contribution in [1.82, 2.24) is 4.90 Å². The fraction of sp³-hybridized carbons (Fsp3) is 0.500. The monoisotopic (exact) mass is 439 g/mol. The fourth-order valence-electron chi connectivity index (χ4n) is 4.47. The summed E-state index contributed by atoms with van der Waals surface area (Å²) < 4.78 is 5.66. The quantitative estimate of drug-likeness (QED) is 0.771. The van der Waals surface area contributed by atoms with E-state index >= 15 is 0 Å². The Bertz CT molecular complexity index is 824. The Balaban J connectivity index is 0.00000150. The van der Waals surface area contributed by atoms with Crippen molar-refractivity contribution in [2.24, 2.45) is 11.7 Å². The lowest BCUT2D eigenvalue weighted by atomic mass is 9.92. The number of anilines is 1. The molecular weight excluding hydrogens is 409 g/mol. The molecule has 0 bridgehead atoms. The van der Waals surface area contributed by atoms with Gasteiger partial charge in [0.1, 0.15) is 0 Å². The molecule has 3 unspecified atom stereocenters. The number of carbonyl (C=O) groups is 1. The number of rotatable bonds is 4. The maximum atomic E-state index is 13.1. The topological polar surface area (TPSA) is 62.7 Å². The fourth-order valence-corrected chi connectivity index (χ4v) is 4.47. The molecule has 29 heavy (non-hydrogen) atoms. The maximum absolute atomic E-state index is 13.1. The highest BCUT2D eigenvalue weighted by Gasteiger charge is 2.31. The van der Waals surface area contributed by atoms with Crippen molar-refractivity contribution >= 4 is 36.4 Å². The first kappa shape index (κ1) is 23.6. The summed E-state index contributed by atoms with van der Waals surface area (Å²) in [5, 5.41) is 0. The molecule has 4 rings (SSSR count). The van der Waals surface area contributed by atoms with E-state index in [9.17, 15) is 4.79 Å². The second kappa shape index (κ2) is 9.88. The van der Waals surface area contributed by atoms with Gasteiger partial charge in [0.15, 0.2) is 5.76 Å². The first-order chi connectivity index (χ1) is 13.0. The van der Waals surface area contributed by atoms with E-state index in [1.165, 1.54) is 11.3 Å². The number of fused-ring (bicyclic) bond motifs is 1. The molecule has 7 heteroatoms.